The summed E-state index contributed by atoms with van der Waals surface area (Å²) < 4.78 is 5.56. The monoisotopic (exact) mass is 293 g/mol. The zero-order chi connectivity index (χ0) is 15.4. The standard InChI is InChI=1S/C15H23N3O3/c1-10(2)21-14-6-4-5-13(15(14)18(19)20)17-12-7-8-16-11(3)9-12/h4-6,10-12,16-17H,7-9H2,1-3H3. The van der Waals surface area contributed by atoms with Crippen LogP contribution in [-0.2, 0) is 0 Å². The molecule has 6 nitrogen and oxygen atoms in total. The van der Waals surface area contributed by atoms with E-state index in [2.05, 4.69) is 17.6 Å². The lowest BCUT2D eigenvalue weighted by Crippen LogP contribution is -2.41. The Hall–Kier alpha value is -1.82. The Morgan fingerprint density at radius 1 is 1.48 bits per heavy atom. The van der Waals surface area contributed by atoms with Crippen molar-refractivity contribution in [1.29, 1.82) is 0 Å². The molecule has 1 aliphatic heterocycles. The number of hydrogen-bond donors (Lipinski definition) is 2. The second kappa shape index (κ2) is 6.76. The molecule has 0 radical (unpaired) electrons. The van der Waals surface area contributed by atoms with Crippen molar-refractivity contribution in [2.45, 2.75) is 51.8 Å². The highest BCUT2D eigenvalue weighted by molar-refractivity contribution is 5.68. The van der Waals surface area contributed by atoms with Crippen molar-refractivity contribution < 1.29 is 9.66 Å². The third-order valence-corrected chi connectivity index (χ3v) is 3.53. The molecule has 0 saturated carbocycles. The highest BCUT2D eigenvalue weighted by atomic mass is 16.6. The van der Waals surface area contributed by atoms with E-state index >= 15 is 0 Å². The van der Waals surface area contributed by atoms with Crippen LogP contribution < -0.4 is 15.4 Å². The van der Waals surface area contributed by atoms with Crippen LogP contribution in [0.1, 0.15) is 33.6 Å². The van der Waals surface area contributed by atoms with Gasteiger partial charge in [0, 0.05) is 12.1 Å². The first-order valence-corrected chi connectivity index (χ1v) is 7.41. The summed E-state index contributed by atoms with van der Waals surface area (Å²) in [5, 5.41) is 18.1. The van der Waals surface area contributed by atoms with Gasteiger partial charge in [0.05, 0.1) is 11.0 Å². The van der Waals surface area contributed by atoms with Gasteiger partial charge in [-0.05, 0) is 52.3 Å². The van der Waals surface area contributed by atoms with Gasteiger partial charge in [-0.2, -0.15) is 0 Å². The van der Waals surface area contributed by atoms with E-state index in [1.165, 1.54) is 0 Å². The summed E-state index contributed by atoms with van der Waals surface area (Å²) in [5.41, 5.74) is 0.564. The van der Waals surface area contributed by atoms with Gasteiger partial charge < -0.3 is 15.4 Å². The largest absolute Gasteiger partial charge is 0.484 e. The predicted octanol–water partition coefficient (Wildman–Crippen LogP) is 2.93. The van der Waals surface area contributed by atoms with E-state index in [9.17, 15) is 10.1 Å². The molecule has 2 atom stereocenters. The fourth-order valence-corrected chi connectivity index (χ4v) is 2.66. The van der Waals surface area contributed by atoms with Gasteiger partial charge in [-0.25, -0.2) is 0 Å². The zero-order valence-corrected chi connectivity index (χ0v) is 12.8. The molecule has 0 amide bonds. The molecule has 1 aliphatic rings. The Kier molecular flexibility index (Phi) is 5.01. The Bertz CT molecular complexity index is 505. The summed E-state index contributed by atoms with van der Waals surface area (Å²) in [4.78, 5) is 11.0. The SMILES string of the molecule is CC1CC(Nc2cccc(OC(C)C)c2[N+](=O)[O-])CCN1. The van der Waals surface area contributed by atoms with Gasteiger partial charge in [0.2, 0.25) is 0 Å². The molecule has 2 unspecified atom stereocenters. The fraction of sp³-hybridized carbons (Fsp3) is 0.600. The van der Waals surface area contributed by atoms with Crippen molar-refractivity contribution in [1.82, 2.24) is 5.32 Å². The summed E-state index contributed by atoms with van der Waals surface area (Å²) in [6, 6.07) is 5.85. The molecule has 1 heterocycles. The van der Waals surface area contributed by atoms with E-state index in [0.29, 0.717) is 17.5 Å². The molecule has 1 saturated heterocycles. The highest BCUT2D eigenvalue weighted by Crippen LogP contribution is 2.36. The number of benzene rings is 1. The molecule has 6 heteroatoms. The summed E-state index contributed by atoms with van der Waals surface area (Å²) in [7, 11) is 0. The Labute approximate surface area is 125 Å². The van der Waals surface area contributed by atoms with Crippen molar-refractivity contribution in [2.75, 3.05) is 11.9 Å². The van der Waals surface area contributed by atoms with Crippen molar-refractivity contribution >= 4 is 11.4 Å². The lowest BCUT2D eigenvalue weighted by Gasteiger charge is -2.29. The van der Waals surface area contributed by atoms with Crippen LogP contribution in [0.2, 0.25) is 0 Å². The first-order chi connectivity index (χ1) is 9.97. The molecule has 0 spiro atoms. The van der Waals surface area contributed by atoms with Gasteiger partial charge >= 0.3 is 5.69 Å². The van der Waals surface area contributed by atoms with Crippen molar-refractivity contribution in [3.63, 3.8) is 0 Å². The number of nitrogens with one attached hydrogen (secondary N) is 2. The number of anilines is 1. The number of rotatable bonds is 5. The summed E-state index contributed by atoms with van der Waals surface area (Å²) >= 11 is 0. The van der Waals surface area contributed by atoms with E-state index in [0.717, 1.165) is 19.4 Å². The van der Waals surface area contributed by atoms with Gasteiger partial charge in [0.25, 0.3) is 0 Å². The van der Waals surface area contributed by atoms with Crippen LogP contribution in [0, 0.1) is 10.1 Å². The van der Waals surface area contributed by atoms with E-state index in [-0.39, 0.29) is 22.8 Å². The van der Waals surface area contributed by atoms with Crippen LogP contribution in [0.4, 0.5) is 11.4 Å². The smallest absolute Gasteiger partial charge is 0.333 e. The number of ether oxygens (including phenoxy) is 1. The molecular formula is C15H23N3O3. The lowest BCUT2D eigenvalue weighted by molar-refractivity contribution is -0.385. The van der Waals surface area contributed by atoms with E-state index < -0.39 is 0 Å². The van der Waals surface area contributed by atoms with Crippen LogP contribution in [-0.4, -0.2) is 29.7 Å². The highest BCUT2D eigenvalue weighted by Gasteiger charge is 2.25. The van der Waals surface area contributed by atoms with E-state index in [4.69, 9.17) is 4.74 Å². The minimum Gasteiger partial charge on any atom is -0.484 e. The maximum absolute atomic E-state index is 11.4. The maximum Gasteiger partial charge on any atom is 0.333 e. The predicted molar refractivity (Wildman–Crippen MR) is 83.0 cm³/mol. The molecule has 0 bridgehead atoms. The molecule has 0 aromatic heterocycles. The number of nitro groups is 1. The average molecular weight is 293 g/mol. The summed E-state index contributed by atoms with van der Waals surface area (Å²) in [5.74, 6) is 0.321. The lowest BCUT2D eigenvalue weighted by atomic mass is 10.00. The van der Waals surface area contributed by atoms with Crippen LogP contribution in [0.25, 0.3) is 0 Å². The fourth-order valence-electron chi connectivity index (χ4n) is 2.66. The Morgan fingerprint density at radius 3 is 2.86 bits per heavy atom. The second-order valence-electron chi connectivity index (χ2n) is 5.80. The first-order valence-electron chi connectivity index (χ1n) is 7.41. The molecule has 1 aromatic carbocycles. The van der Waals surface area contributed by atoms with Gasteiger partial charge in [0.1, 0.15) is 5.69 Å². The van der Waals surface area contributed by atoms with E-state index in [1.54, 1.807) is 18.2 Å². The number of nitrogens with zero attached hydrogens (tertiary/aromatic N) is 1. The Balaban J connectivity index is 2.23. The normalized spacial score (nSPS) is 22.1. The maximum atomic E-state index is 11.4. The molecule has 1 fully saturated rings. The third-order valence-electron chi connectivity index (χ3n) is 3.53. The minimum absolute atomic E-state index is 0.0254. The number of para-hydroxylation sites is 1. The molecule has 21 heavy (non-hydrogen) atoms. The first kappa shape index (κ1) is 15.6. The quantitative estimate of drug-likeness (QED) is 0.645. The van der Waals surface area contributed by atoms with Crippen LogP contribution in [0.5, 0.6) is 5.75 Å². The molecule has 116 valence electrons. The Morgan fingerprint density at radius 2 is 2.24 bits per heavy atom. The topological polar surface area (TPSA) is 76.4 Å². The van der Waals surface area contributed by atoms with Gasteiger partial charge in [-0.15, -0.1) is 0 Å². The number of piperidine rings is 1. The molecule has 1 aromatic rings. The van der Waals surface area contributed by atoms with Crippen LogP contribution in [0.3, 0.4) is 0 Å². The number of nitro benzene ring substituents is 1. The summed E-state index contributed by atoms with van der Waals surface area (Å²) in [6.45, 7) is 6.77. The van der Waals surface area contributed by atoms with Crippen LogP contribution in [0.15, 0.2) is 18.2 Å². The van der Waals surface area contributed by atoms with Gasteiger partial charge in [0.15, 0.2) is 5.75 Å². The average Bonchev–Trinajstić information content (AvgIpc) is 2.37. The minimum atomic E-state index is -0.370. The van der Waals surface area contributed by atoms with Gasteiger partial charge in [-0.3, -0.25) is 10.1 Å². The van der Waals surface area contributed by atoms with E-state index in [1.807, 2.05) is 13.8 Å². The van der Waals surface area contributed by atoms with Crippen LogP contribution >= 0.6 is 0 Å². The summed E-state index contributed by atoms with van der Waals surface area (Å²) in [6.07, 6.45) is 1.81. The molecular weight excluding hydrogens is 270 g/mol. The zero-order valence-electron chi connectivity index (χ0n) is 12.8. The van der Waals surface area contributed by atoms with Crippen molar-refractivity contribution in [2.24, 2.45) is 0 Å². The number of hydrogen-bond acceptors (Lipinski definition) is 5. The third kappa shape index (κ3) is 4.07. The van der Waals surface area contributed by atoms with Crippen molar-refractivity contribution in [3.05, 3.63) is 28.3 Å². The molecule has 0 aliphatic carbocycles. The molecule has 2 rings (SSSR count). The molecule has 2 N–H and O–H groups in total. The van der Waals surface area contributed by atoms with Gasteiger partial charge in [-0.1, -0.05) is 6.07 Å². The van der Waals surface area contributed by atoms with Crippen molar-refractivity contribution in [3.8, 4) is 5.75 Å². The second-order valence-corrected chi connectivity index (χ2v) is 5.80.